The minimum Gasteiger partial charge on any atom is -0.340 e. The molecule has 2 heterocycles. The second kappa shape index (κ2) is 8.72. The van der Waals surface area contributed by atoms with Crippen LogP contribution in [0.2, 0.25) is 0 Å². The van der Waals surface area contributed by atoms with Gasteiger partial charge in [-0.1, -0.05) is 0 Å². The summed E-state index contributed by atoms with van der Waals surface area (Å²) in [5, 5.41) is 6.78. The number of pyridine rings is 1. The van der Waals surface area contributed by atoms with Gasteiger partial charge in [-0.25, -0.2) is 4.98 Å². The molecule has 25 heavy (non-hydrogen) atoms. The van der Waals surface area contributed by atoms with Gasteiger partial charge < -0.3 is 10.2 Å². The van der Waals surface area contributed by atoms with Crippen molar-refractivity contribution in [2.24, 2.45) is 7.05 Å². The van der Waals surface area contributed by atoms with Gasteiger partial charge >= 0.3 is 0 Å². The smallest absolute Gasteiger partial charge is 0.239 e. The Morgan fingerprint density at radius 3 is 2.60 bits per heavy atom. The summed E-state index contributed by atoms with van der Waals surface area (Å²) in [7, 11) is 5.29. The number of hydrogen-bond acceptors (Lipinski definition) is 5. The summed E-state index contributed by atoms with van der Waals surface area (Å²) in [6, 6.07) is 3.50. The number of likely N-dealkylation sites (N-methyl/N-ethyl adjacent to an activating group) is 2. The normalized spacial score (nSPS) is 10.8. The van der Waals surface area contributed by atoms with Gasteiger partial charge in [-0.05, 0) is 35.1 Å². The van der Waals surface area contributed by atoms with Crippen molar-refractivity contribution in [3.8, 4) is 0 Å². The predicted octanol–water partition coefficient (Wildman–Crippen LogP) is 1.11. The maximum atomic E-state index is 12.2. The summed E-state index contributed by atoms with van der Waals surface area (Å²) in [5.74, 6) is 0.183. The molecule has 0 aliphatic heterocycles. The van der Waals surface area contributed by atoms with Crippen molar-refractivity contribution in [3.63, 3.8) is 0 Å². The highest BCUT2D eigenvalue weighted by Crippen LogP contribution is 2.10. The summed E-state index contributed by atoms with van der Waals surface area (Å²) >= 11 is 3.29. The average molecular weight is 409 g/mol. The number of halogens is 1. The van der Waals surface area contributed by atoms with Crippen LogP contribution >= 0.6 is 15.9 Å². The van der Waals surface area contributed by atoms with Crippen molar-refractivity contribution < 1.29 is 9.59 Å². The van der Waals surface area contributed by atoms with E-state index in [0.29, 0.717) is 12.4 Å². The van der Waals surface area contributed by atoms with E-state index in [0.717, 1.165) is 10.0 Å². The topological polar surface area (TPSA) is 83.4 Å². The van der Waals surface area contributed by atoms with Crippen LogP contribution in [0.3, 0.4) is 0 Å². The highest BCUT2D eigenvalue weighted by atomic mass is 79.9. The lowest BCUT2D eigenvalue weighted by molar-refractivity contribution is -0.131. The number of nitrogens with one attached hydrogen (secondary N) is 1. The Bertz CT molecular complexity index is 730. The average Bonchev–Trinajstić information content (AvgIpc) is 2.94. The Hall–Kier alpha value is -2.26. The number of anilines is 1. The maximum absolute atomic E-state index is 12.2. The Balaban J connectivity index is 1.77. The monoisotopic (exact) mass is 408 g/mol. The van der Waals surface area contributed by atoms with E-state index in [1.54, 1.807) is 53.1 Å². The lowest BCUT2D eigenvalue weighted by Crippen LogP contribution is -2.39. The van der Waals surface area contributed by atoms with Crippen LogP contribution in [0.1, 0.15) is 5.56 Å². The van der Waals surface area contributed by atoms with Crippen molar-refractivity contribution in [1.82, 2.24) is 24.6 Å². The SMILES string of the molecule is CN(CC(=O)Nc1ccc(Br)cn1)CC(=O)N(C)Cc1cnn(C)c1. The predicted molar refractivity (Wildman–Crippen MR) is 97.7 cm³/mol. The number of carbonyl (C=O) groups is 2. The highest BCUT2D eigenvalue weighted by Gasteiger charge is 2.15. The van der Waals surface area contributed by atoms with Crippen LogP contribution in [0.25, 0.3) is 0 Å². The minimum absolute atomic E-state index is 0.0686. The summed E-state index contributed by atoms with van der Waals surface area (Å²) in [5.41, 5.74) is 0.958. The number of carbonyl (C=O) groups excluding carboxylic acids is 2. The first kappa shape index (κ1) is 19.1. The van der Waals surface area contributed by atoms with Crippen molar-refractivity contribution in [1.29, 1.82) is 0 Å². The fraction of sp³-hybridized carbons (Fsp3) is 0.375. The van der Waals surface area contributed by atoms with Crippen LogP contribution < -0.4 is 5.32 Å². The molecule has 0 aromatic carbocycles. The lowest BCUT2D eigenvalue weighted by Gasteiger charge is -2.21. The molecular formula is C16H21BrN6O2. The number of rotatable bonds is 7. The fourth-order valence-corrected chi connectivity index (χ4v) is 2.43. The zero-order valence-corrected chi connectivity index (χ0v) is 16.0. The Labute approximate surface area is 154 Å². The van der Waals surface area contributed by atoms with Gasteiger partial charge in [-0.2, -0.15) is 5.10 Å². The van der Waals surface area contributed by atoms with Gasteiger partial charge in [-0.15, -0.1) is 0 Å². The molecular weight excluding hydrogens is 388 g/mol. The maximum Gasteiger partial charge on any atom is 0.239 e. The molecule has 0 fully saturated rings. The molecule has 0 aliphatic carbocycles. The second-order valence-corrected chi connectivity index (χ2v) is 6.77. The van der Waals surface area contributed by atoms with Crippen LogP contribution in [0.15, 0.2) is 35.2 Å². The third-order valence-electron chi connectivity index (χ3n) is 3.42. The molecule has 134 valence electrons. The Kier molecular flexibility index (Phi) is 6.65. The Morgan fingerprint density at radius 1 is 1.24 bits per heavy atom. The van der Waals surface area contributed by atoms with Crippen molar-refractivity contribution in [2.75, 3.05) is 32.5 Å². The zero-order valence-electron chi connectivity index (χ0n) is 14.4. The summed E-state index contributed by atoms with van der Waals surface area (Å²) in [6.45, 7) is 0.734. The van der Waals surface area contributed by atoms with Crippen molar-refractivity contribution in [3.05, 3.63) is 40.8 Å². The number of aromatic nitrogens is 3. The van der Waals surface area contributed by atoms with E-state index in [4.69, 9.17) is 0 Å². The summed E-state index contributed by atoms with van der Waals surface area (Å²) < 4.78 is 2.53. The molecule has 0 saturated carbocycles. The van der Waals surface area contributed by atoms with Gasteiger partial charge in [0, 0.05) is 43.1 Å². The molecule has 0 unspecified atom stereocenters. The molecule has 0 atom stereocenters. The highest BCUT2D eigenvalue weighted by molar-refractivity contribution is 9.10. The molecule has 9 heteroatoms. The van der Waals surface area contributed by atoms with Crippen LogP contribution in [-0.4, -0.2) is 63.6 Å². The van der Waals surface area contributed by atoms with E-state index in [9.17, 15) is 9.59 Å². The number of aryl methyl sites for hydroxylation is 1. The van der Waals surface area contributed by atoms with E-state index < -0.39 is 0 Å². The molecule has 8 nitrogen and oxygen atoms in total. The van der Waals surface area contributed by atoms with Crippen LogP contribution in [0.5, 0.6) is 0 Å². The second-order valence-electron chi connectivity index (χ2n) is 5.85. The van der Waals surface area contributed by atoms with Gasteiger partial charge in [0.1, 0.15) is 5.82 Å². The molecule has 0 bridgehead atoms. The molecule has 2 amide bonds. The third-order valence-corrected chi connectivity index (χ3v) is 3.89. The van der Waals surface area contributed by atoms with Gasteiger partial charge in [-0.3, -0.25) is 19.2 Å². The fourth-order valence-electron chi connectivity index (χ4n) is 2.20. The van der Waals surface area contributed by atoms with E-state index in [1.807, 2.05) is 13.2 Å². The van der Waals surface area contributed by atoms with Gasteiger partial charge in [0.2, 0.25) is 11.8 Å². The zero-order chi connectivity index (χ0) is 18.4. The largest absolute Gasteiger partial charge is 0.340 e. The first-order valence-corrected chi connectivity index (χ1v) is 8.44. The summed E-state index contributed by atoms with van der Waals surface area (Å²) in [4.78, 5) is 31.6. The summed E-state index contributed by atoms with van der Waals surface area (Å²) in [6.07, 6.45) is 5.20. The number of nitrogens with zero attached hydrogens (tertiary/aromatic N) is 5. The van der Waals surface area contributed by atoms with Crippen molar-refractivity contribution >= 4 is 33.6 Å². The van der Waals surface area contributed by atoms with Gasteiger partial charge in [0.05, 0.1) is 19.3 Å². The van der Waals surface area contributed by atoms with E-state index in [2.05, 4.69) is 31.3 Å². The molecule has 0 saturated heterocycles. The van der Waals surface area contributed by atoms with Crippen LogP contribution in [0.4, 0.5) is 5.82 Å². The molecule has 0 aliphatic rings. The van der Waals surface area contributed by atoms with Crippen molar-refractivity contribution in [2.45, 2.75) is 6.54 Å². The standard InChI is InChI=1S/C16H21BrN6O2/c1-21(10-15(24)20-14-5-4-13(17)7-18-14)11-16(25)22(2)8-12-6-19-23(3)9-12/h4-7,9H,8,10-11H2,1-3H3,(H,18,20,24). The third kappa shape index (κ3) is 6.28. The van der Waals surface area contributed by atoms with Gasteiger partial charge in [0.15, 0.2) is 0 Å². The van der Waals surface area contributed by atoms with Crippen LogP contribution in [0, 0.1) is 0 Å². The van der Waals surface area contributed by atoms with E-state index >= 15 is 0 Å². The number of amides is 2. The molecule has 2 aromatic rings. The first-order valence-electron chi connectivity index (χ1n) is 7.65. The van der Waals surface area contributed by atoms with E-state index in [-0.39, 0.29) is 24.9 Å². The van der Waals surface area contributed by atoms with Crippen LogP contribution in [-0.2, 0) is 23.2 Å². The number of hydrogen-bond donors (Lipinski definition) is 1. The molecule has 2 rings (SSSR count). The molecule has 0 radical (unpaired) electrons. The molecule has 1 N–H and O–H groups in total. The quantitative estimate of drug-likeness (QED) is 0.741. The molecule has 2 aromatic heterocycles. The Morgan fingerprint density at radius 2 is 2.00 bits per heavy atom. The van der Waals surface area contributed by atoms with E-state index in [1.165, 1.54) is 0 Å². The van der Waals surface area contributed by atoms with Gasteiger partial charge in [0.25, 0.3) is 0 Å². The minimum atomic E-state index is -0.222. The lowest BCUT2D eigenvalue weighted by atomic mass is 10.3. The first-order chi connectivity index (χ1) is 11.8. The molecule has 0 spiro atoms.